The molecule has 0 aromatic heterocycles. The van der Waals surface area contributed by atoms with E-state index in [1.807, 2.05) is 6.92 Å². The number of rotatable bonds is 3. The zero-order valence-electron chi connectivity index (χ0n) is 7.47. The quantitative estimate of drug-likeness (QED) is 0.575. The van der Waals surface area contributed by atoms with Crippen LogP contribution in [0.25, 0.3) is 0 Å². The molecule has 0 bridgehead atoms. The summed E-state index contributed by atoms with van der Waals surface area (Å²) in [4.78, 5) is 13.1. The smallest absolute Gasteiger partial charge is 0.139 e. The molecule has 2 heteroatoms. The Morgan fingerprint density at radius 3 is 2.36 bits per heavy atom. The molecule has 1 fully saturated rings. The second-order valence-electron chi connectivity index (χ2n) is 3.52. The van der Waals surface area contributed by atoms with Gasteiger partial charge in [-0.2, -0.15) is 0 Å². The second-order valence-corrected chi connectivity index (χ2v) is 3.52. The van der Waals surface area contributed by atoms with Crippen LogP contribution in [0.15, 0.2) is 0 Å². The normalized spacial score (nSPS) is 24.9. The van der Waals surface area contributed by atoms with Gasteiger partial charge in [0, 0.05) is 0 Å². The highest BCUT2D eigenvalue weighted by molar-refractivity contribution is 5.63. The van der Waals surface area contributed by atoms with Crippen molar-refractivity contribution in [2.75, 3.05) is 13.1 Å². The summed E-state index contributed by atoms with van der Waals surface area (Å²) in [5.74, 6) is 0. The summed E-state index contributed by atoms with van der Waals surface area (Å²) >= 11 is 0. The molecule has 1 rings (SSSR count). The summed E-state index contributed by atoms with van der Waals surface area (Å²) in [7, 11) is 0. The maximum Gasteiger partial charge on any atom is 0.139 e. The van der Waals surface area contributed by atoms with Crippen LogP contribution in [0, 0.1) is 0 Å². The first-order valence-corrected chi connectivity index (χ1v) is 4.44. The Labute approximate surface area is 68.6 Å². The Balaban J connectivity index is 2.59. The van der Waals surface area contributed by atoms with Crippen molar-refractivity contribution >= 4 is 6.29 Å². The molecular formula is C9H17NO. The van der Waals surface area contributed by atoms with E-state index in [0.29, 0.717) is 0 Å². The first-order valence-electron chi connectivity index (χ1n) is 4.44. The lowest BCUT2D eigenvalue weighted by molar-refractivity contribution is -0.117. The van der Waals surface area contributed by atoms with E-state index in [1.165, 1.54) is 12.8 Å². The van der Waals surface area contributed by atoms with Gasteiger partial charge in [-0.3, -0.25) is 4.90 Å². The highest BCUT2D eigenvalue weighted by atomic mass is 16.1. The van der Waals surface area contributed by atoms with Crippen molar-refractivity contribution in [2.45, 2.75) is 38.6 Å². The Bertz CT molecular complexity index is 140. The molecule has 0 aromatic carbocycles. The van der Waals surface area contributed by atoms with Gasteiger partial charge in [0.2, 0.25) is 0 Å². The van der Waals surface area contributed by atoms with Crippen molar-refractivity contribution in [1.82, 2.24) is 4.90 Å². The SMILES string of the molecule is CCC(C)(C=O)N1CCCC1. The maximum atomic E-state index is 10.8. The van der Waals surface area contributed by atoms with Crippen LogP contribution in [0.3, 0.4) is 0 Å². The topological polar surface area (TPSA) is 20.3 Å². The van der Waals surface area contributed by atoms with Crippen LogP contribution in [0.1, 0.15) is 33.1 Å². The molecule has 0 saturated carbocycles. The molecule has 1 saturated heterocycles. The molecule has 1 atom stereocenters. The van der Waals surface area contributed by atoms with E-state index in [4.69, 9.17) is 0 Å². The summed E-state index contributed by atoms with van der Waals surface area (Å²) in [5.41, 5.74) is -0.184. The van der Waals surface area contributed by atoms with Gasteiger partial charge in [-0.05, 0) is 39.3 Å². The molecule has 11 heavy (non-hydrogen) atoms. The lowest BCUT2D eigenvalue weighted by Gasteiger charge is -2.32. The summed E-state index contributed by atoms with van der Waals surface area (Å²) in [6.07, 6.45) is 4.53. The van der Waals surface area contributed by atoms with Gasteiger partial charge >= 0.3 is 0 Å². The number of hydrogen-bond acceptors (Lipinski definition) is 2. The summed E-state index contributed by atoms with van der Waals surface area (Å²) in [6.45, 7) is 6.31. The Kier molecular flexibility index (Phi) is 2.66. The Hall–Kier alpha value is -0.370. The van der Waals surface area contributed by atoms with Crippen LogP contribution in [0.5, 0.6) is 0 Å². The van der Waals surface area contributed by atoms with Gasteiger partial charge in [-0.1, -0.05) is 6.92 Å². The van der Waals surface area contributed by atoms with Crippen molar-refractivity contribution in [3.8, 4) is 0 Å². The van der Waals surface area contributed by atoms with Crippen molar-refractivity contribution in [3.63, 3.8) is 0 Å². The highest BCUT2D eigenvalue weighted by Crippen LogP contribution is 2.21. The van der Waals surface area contributed by atoms with Crippen molar-refractivity contribution in [3.05, 3.63) is 0 Å². The second kappa shape index (κ2) is 3.35. The van der Waals surface area contributed by atoms with Crippen LogP contribution in [-0.4, -0.2) is 29.8 Å². The number of nitrogens with zero attached hydrogens (tertiary/aromatic N) is 1. The fraction of sp³-hybridized carbons (Fsp3) is 0.889. The number of carbonyl (C=O) groups excluding carboxylic acids is 1. The number of aldehydes is 1. The maximum absolute atomic E-state index is 10.8. The van der Waals surface area contributed by atoms with E-state index >= 15 is 0 Å². The van der Waals surface area contributed by atoms with Crippen LogP contribution in [0.4, 0.5) is 0 Å². The molecule has 0 aromatic rings. The minimum atomic E-state index is -0.184. The number of likely N-dealkylation sites (tertiary alicyclic amines) is 1. The number of hydrogen-bond donors (Lipinski definition) is 0. The monoisotopic (exact) mass is 155 g/mol. The fourth-order valence-corrected chi connectivity index (χ4v) is 1.61. The minimum absolute atomic E-state index is 0.184. The molecule has 64 valence electrons. The predicted molar refractivity (Wildman–Crippen MR) is 45.6 cm³/mol. The van der Waals surface area contributed by atoms with Gasteiger partial charge in [0.25, 0.3) is 0 Å². The molecule has 0 amide bonds. The third-order valence-corrected chi connectivity index (χ3v) is 2.80. The van der Waals surface area contributed by atoms with E-state index in [2.05, 4.69) is 11.8 Å². The van der Waals surface area contributed by atoms with E-state index in [0.717, 1.165) is 25.8 Å². The summed E-state index contributed by atoms with van der Waals surface area (Å²) in [6, 6.07) is 0. The van der Waals surface area contributed by atoms with Crippen molar-refractivity contribution < 1.29 is 4.79 Å². The third kappa shape index (κ3) is 1.62. The van der Waals surface area contributed by atoms with Gasteiger partial charge in [-0.25, -0.2) is 0 Å². The van der Waals surface area contributed by atoms with Gasteiger partial charge < -0.3 is 4.79 Å². The first kappa shape index (κ1) is 8.72. The molecule has 1 aliphatic heterocycles. The first-order chi connectivity index (χ1) is 5.23. The van der Waals surface area contributed by atoms with Crippen LogP contribution in [-0.2, 0) is 4.79 Å². The van der Waals surface area contributed by atoms with Gasteiger partial charge in [0.15, 0.2) is 0 Å². The lowest BCUT2D eigenvalue weighted by Crippen LogP contribution is -2.45. The summed E-state index contributed by atoms with van der Waals surface area (Å²) in [5, 5.41) is 0. The third-order valence-electron chi connectivity index (χ3n) is 2.80. The van der Waals surface area contributed by atoms with Crippen LogP contribution >= 0.6 is 0 Å². The zero-order chi connectivity index (χ0) is 8.32. The summed E-state index contributed by atoms with van der Waals surface area (Å²) < 4.78 is 0. The minimum Gasteiger partial charge on any atom is -0.301 e. The van der Waals surface area contributed by atoms with Gasteiger partial charge in [0.1, 0.15) is 6.29 Å². The molecular weight excluding hydrogens is 138 g/mol. The predicted octanol–water partition coefficient (Wildman–Crippen LogP) is 1.45. The molecule has 1 heterocycles. The van der Waals surface area contributed by atoms with Crippen molar-refractivity contribution in [2.24, 2.45) is 0 Å². The highest BCUT2D eigenvalue weighted by Gasteiger charge is 2.31. The van der Waals surface area contributed by atoms with Crippen LogP contribution < -0.4 is 0 Å². The molecule has 2 nitrogen and oxygen atoms in total. The molecule has 1 aliphatic rings. The molecule has 0 aliphatic carbocycles. The van der Waals surface area contributed by atoms with Gasteiger partial charge in [-0.15, -0.1) is 0 Å². The zero-order valence-corrected chi connectivity index (χ0v) is 7.47. The van der Waals surface area contributed by atoms with E-state index < -0.39 is 0 Å². The average molecular weight is 155 g/mol. The van der Waals surface area contributed by atoms with E-state index in [9.17, 15) is 4.79 Å². The molecule has 0 radical (unpaired) electrons. The van der Waals surface area contributed by atoms with E-state index in [-0.39, 0.29) is 5.54 Å². The Morgan fingerprint density at radius 2 is 2.00 bits per heavy atom. The average Bonchev–Trinajstić information content (AvgIpc) is 2.55. The fourth-order valence-electron chi connectivity index (χ4n) is 1.61. The number of carbonyl (C=O) groups is 1. The molecule has 1 unspecified atom stereocenters. The standard InChI is InChI=1S/C9H17NO/c1-3-9(2,8-11)10-6-4-5-7-10/h8H,3-7H2,1-2H3. The van der Waals surface area contributed by atoms with Crippen LogP contribution in [0.2, 0.25) is 0 Å². The van der Waals surface area contributed by atoms with Gasteiger partial charge in [0.05, 0.1) is 5.54 Å². The van der Waals surface area contributed by atoms with E-state index in [1.54, 1.807) is 0 Å². The lowest BCUT2D eigenvalue weighted by atomic mass is 9.99. The largest absolute Gasteiger partial charge is 0.301 e. The van der Waals surface area contributed by atoms with Crippen molar-refractivity contribution in [1.29, 1.82) is 0 Å². The molecule has 0 N–H and O–H groups in total. The molecule has 0 spiro atoms. The Morgan fingerprint density at radius 1 is 1.45 bits per heavy atom.